The summed E-state index contributed by atoms with van der Waals surface area (Å²) < 4.78 is 0. The van der Waals surface area contributed by atoms with E-state index in [9.17, 15) is 0 Å². The smallest absolute Gasteiger partial charge is 0.0331 e. The van der Waals surface area contributed by atoms with Crippen LogP contribution in [0.1, 0.15) is 52.9 Å². The minimum absolute atomic E-state index is 0.301. The van der Waals surface area contributed by atoms with Crippen molar-refractivity contribution >= 4 is 0 Å². The van der Waals surface area contributed by atoms with Crippen molar-refractivity contribution in [1.82, 2.24) is 4.90 Å². The van der Waals surface area contributed by atoms with Gasteiger partial charge in [-0.05, 0) is 50.0 Å². The molecule has 106 valence electrons. The van der Waals surface area contributed by atoms with Crippen LogP contribution in [0.5, 0.6) is 0 Å². The number of rotatable bonds is 5. The van der Waals surface area contributed by atoms with Gasteiger partial charge in [0.05, 0.1) is 0 Å². The topological polar surface area (TPSA) is 29.3 Å². The fourth-order valence-electron chi connectivity index (χ4n) is 3.84. The molecule has 2 rings (SSSR count). The Morgan fingerprint density at radius 1 is 1.39 bits per heavy atom. The van der Waals surface area contributed by atoms with Crippen molar-refractivity contribution in [2.24, 2.45) is 29.4 Å². The SMILES string of the molecule is CC(C)C1CCCC(CN)(N(C)CC2CC2C)C1. The molecule has 2 aliphatic carbocycles. The summed E-state index contributed by atoms with van der Waals surface area (Å²) in [5.41, 5.74) is 6.49. The van der Waals surface area contributed by atoms with E-state index in [2.05, 4.69) is 32.7 Å². The molecule has 2 saturated carbocycles. The molecule has 0 heterocycles. The van der Waals surface area contributed by atoms with Crippen LogP contribution < -0.4 is 5.73 Å². The molecule has 0 aromatic carbocycles. The van der Waals surface area contributed by atoms with E-state index in [4.69, 9.17) is 5.73 Å². The highest BCUT2D eigenvalue weighted by Gasteiger charge is 2.42. The second-order valence-electron chi connectivity index (χ2n) is 7.38. The van der Waals surface area contributed by atoms with Gasteiger partial charge in [-0.1, -0.05) is 33.6 Å². The lowest BCUT2D eigenvalue weighted by Crippen LogP contribution is -2.55. The molecule has 4 atom stereocenters. The Kier molecular flexibility index (Phi) is 4.38. The molecule has 0 aliphatic heterocycles. The first-order valence-corrected chi connectivity index (χ1v) is 7.90. The van der Waals surface area contributed by atoms with Gasteiger partial charge in [0.15, 0.2) is 0 Å². The second kappa shape index (κ2) is 5.50. The molecule has 0 bridgehead atoms. The van der Waals surface area contributed by atoms with Gasteiger partial charge in [0.25, 0.3) is 0 Å². The standard InChI is InChI=1S/C16H32N2/c1-12(2)14-6-5-7-16(9-14,11-17)18(4)10-15-8-13(15)3/h12-15H,5-11,17H2,1-4H3. The molecular formula is C16H32N2. The van der Waals surface area contributed by atoms with E-state index in [1.165, 1.54) is 38.6 Å². The number of hydrogen-bond donors (Lipinski definition) is 1. The van der Waals surface area contributed by atoms with Crippen LogP contribution in [0.4, 0.5) is 0 Å². The molecule has 18 heavy (non-hydrogen) atoms. The predicted octanol–water partition coefficient (Wildman–Crippen LogP) is 3.12. The van der Waals surface area contributed by atoms with Crippen molar-refractivity contribution in [3.63, 3.8) is 0 Å². The molecule has 0 radical (unpaired) electrons. The van der Waals surface area contributed by atoms with Gasteiger partial charge in [-0.15, -0.1) is 0 Å². The maximum Gasteiger partial charge on any atom is 0.0331 e. The van der Waals surface area contributed by atoms with Gasteiger partial charge >= 0.3 is 0 Å². The lowest BCUT2D eigenvalue weighted by Gasteiger charge is -2.48. The van der Waals surface area contributed by atoms with Gasteiger partial charge in [-0.3, -0.25) is 4.90 Å². The third-order valence-electron chi connectivity index (χ3n) is 5.78. The number of nitrogens with two attached hydrogens (primary N) is 1. The van der Waals surface area contributed by atoms with Crippen molar-refractivity contribution in [2.75, 3.05) is 20.1 Å². The number of likely N-dealkylation sites (N-methyl/N-ethyl adjacent to an activating group) is 1. The summed E-state index contributed by atoms with van der Waals surface area (Å²) in [6.45, 7) is 9.24. The molecule has 2 nitrogen and oxygen atoms in total. The van der Waals surface area contributed by atoms with Crippen LogP contribution in [0.2, 0.25) is 0 Å². The van der Waals surface area contributed by atoms with Crippen LogP contribution >= 0.6 is 0 Å². The van der Waals surface area contributed by atoms with E-state index in [0.29, 0.717) is 5.54 Å². The molecule has 0 aromatic heterocycles. The molecule has 4 unspecified atom stereocenters. The van der Waals surface area contributed by atoms with Crippen LogP contribution in [0.25, 0.3) is 0 Å². The second-order valence-corrected chi connectivity index (χ2v) is 7.38. The first kappa shape index (κ1) is 14.3. The first-order valence-electron chi connectivity index (χ1n) is 7.90. The van der Waals surface area contributed by atoms with Crippen molar-refractivity contribution in [2.45, 2.75) is 58.4 Å². The Hall–Kier alpha value is -0.0800. The van der Waals surface area contributed by atoms with Crippen molar-refractivity contribution in [1.29, 1.82) is 0 Å². The highest BCUT2D eigenvalue weighted by Crippen LogP contribution is 2.43. The zero-order valence-corrected chi connectivity index (χ0v) is 12.8. The van der Waals surface area contributed by atoms with Crippen molar-refractivity contribution in [3.05, 3.63) is 0 Å². The monoisotopic (exact) mass is 252 g/mol. The van der Waals surface area contributed by atoms with Crippen LogP contribution in [0.15, 0.2) is 0 Å². The van der Waals surface area contributed by atoms with Gasteiger partial charge in [0.2, 0.25) is 0 Å². The fraction of sp³-hybridized carbons (Fsp3) is 1.00. The Morgan fingerprint density at radius 3 is 2.56 bits per heavy atom. The summed E-state index contributed by atoms with van der Waals surface area (Å²) in [6.07, 6.45) is 6.83. The third-order valence-corrected chi connectivity index (χ3v) is 5.78. The van der Waals surface area contributed by atoms with Gasteiger partial charge in [0, 0.05) is 18.6 Å². The summed E-state index contributed by atoms with van der Waals surface area (Å²) in [4.78, 5) is 2.62. The highest BCUT2D eigenvalue weighted by molar-refractivity contribution is 4.98. The van der Waals surface area contributed by atoms with Crippen molar-refractivity contribution < 1.29 is 0 Å². The Balaban J connectivity index is 1.99. The normalized spacial score (nSPS) is 40.5. The maximum absolute atomic E-state index is 6.19. The summed E-state index contributed by atoms with van der Waals surface area (Å²) in [5, 5.41) is 0. The van der Waals surface area contributed by atoms with E-state index in [1.807, 2.05) is 0 Å². The molecule has 0 spiro atoms. The average molecular weight is 252 g/mol. The van der Waals surface area contributed by atoms with Gasteiger partial charge in [-0.2, -0.15) is 0 Å². The summed E-state index contributed by atoms with van der Waals surface area (Å²) in [6, 6.07) is 0. The molecule has 2 N–H and O–H groups in total. The minimum Gasteiger partial charge on any atom is -0.329 e. The van der Waals surface area contributed by atoms with Crippen LogP contribution in [-0.4, -0.2) is 30.6 Å². The van der Waals surface area contributed by atoms with Crippen molar-refractivity contribution in [3.8, 4) is 0 Å². The summed E-state index contributed by atoms with van der Waals surface area (Å²) in [7, 11) is 2.32. The van der Waals surface area contributed by atoms with Crippen LogP contribution in [0, 0.1) is 23.7 Å². The number of hydrogen-bond acceptors (Lipinski definition) is 2. The molecule has 2 fully saturated rings. The molecular weight excluding hydrogens is 220 g/mol. The first-order chi connectivity index (χ1) is 8.48. The fourth-order valence-corrected chi connectivity index (χ4v) is 3.84. The van der Waals surface area contributed by atoms with Crippen LogP contribution in [0.3, 0.4) is 0 Å². The molecule has 0 saturated heterocycles. The molecule has 2 heteroatoms. The molecule has 0 aromatic rings. The van der Waals surface area contributed by atoms with E-state index in [1.54, 1.807) is 0 Å². The summed E-state index contributed by atoms with van der Waals surface area (Å²) in [5.74, 6) is 3.58. The minimum atomic E-state index is 0.301. The Bertz CT molecular complexity index is 276. The van der Waals surface area contributed by atoms with Gasteiger partial charge < -0.3 is 5.73 Å². The lowest BCUT2D eigenvalue weighted by atomic mass is 9.71. The zero-order chi connectivity index (χ0) is 13.3. The number of nitrogens with zero attached hydrogens (tertiary/aromatic N) is 1. The van der Waals surface area contributed by atoms with E-state index in [0.717, 1.165) is 30.2 Å². The molecule has 2 aliphatic rings. The zero-order valence-electron chi connectivity index (χ0n) is 12.8. The Morgan fingerprint density at radius 2 is 2.06 bits per heavy atom. The molecule has 0 amide bonds. The van der Waals surface area contributed by atoms with E-state index >= 15 is 0 Å². The van der Waals surface area contributed by atoms with Gasteiger partial charge in [0.1, 0.15) is 0 Å². The average Bonchev–Trinajstić information content (AvgIpc) is 3.04. The maximum atomic E-state index is 6.19. The Labute approximate surface area is 113 Å². The van der Waals surface area contributed by atoms with E-state index in [-0.39, 0.29) is 0 Å². The van der Waals surface area contributed by atoms with Gasteiger partial charge in [-0.25, -0.2) is 0 Å². The highest BCUT2D eigenvalue weighted by atomic mass is 15.2. The summed E-state index contributed by atoms with van der Waals surface area (Å²) >= 11 is 0. The largest absolute Gasteiger partial charge is 0.329 e. The van der Waals surface area contributed by atoms with Crippen LogP contribution in [-0.2, 0) is 0 Å². The third kappa shape index (κ3) is 2.91. The van der Waals surface area contributed by atoms with E-state index < -0.39 is 0 Å². The predicted molar refractivity (Wildman–Crippen MR) is 78.5 cm³/mol. The quantitative estimate of drug-likeness (QED) is 0.814. The lowest BCUT2D eigenvalue weighted by molar-refractivity contribution is 0.0411.